The third-order valence-electron chi connectivity index (χ3n) is 4.28. The molecule has 160 valence electrons. The van der Waals surface area contributed by atoms with Gasteiger partial charge in [0.1, 0.15) is 16.8 Å². The minimum absolute atomic E-state index is 0.108. The molecule has 30 heavy (non-hydrogen) atoms. The first kappa shape index (κ1) is 22.7. The molecule has 9 heteroatoms. The molecule has 0 fully saturated rings. The Labute approximate surface area is 193 Å². The fraction of sp³-hybridized carbons (Fsp3) is 0.333. The maximum Gasteiger partial charge on any atom is 0.414 e. The molecule has 0 aliphatic rings. The highest BCUT2D eigenvalue weighted by Gasteiger charge is 2.24. The quantitative estimate of drug-likeness (QED) is 0.390. The Kier molecular flexibility index (Phi) is 6.55. The van der Waals surface area contributed by atoms with Crippen LogP contribution in [0.4, 0.5) is 10.5 Å². The number of hydrogen-bond donors (Lipinski definition) is 0. The maximum absolute atomic E-state index is 12.4. The number of rotatable bonds is 4. The zero-order valence-electron chi connectivity index (χ0n) is 17.3. The molecule has 2 heterocycles. The highest BCUT2D eigenvalue weighted by Crippen LogP contribution is 2.35. The van der Waals surface area contributed by atoms with E-state index in [2.05, 4.69) is 20.9 Å². The SMILES string of the molecule is Cc1nc2c(OCc3c(Cl)ccc(N(C)C(=O)OC(C)(C)C)c3Cl)cccn2c1Br. The summed E-state index contributed by atoms with van der Waals surface area (Å²) in [4.78, 5) is 18.3. The maximum atomic E-state index is 12.4. The third kappa shape index (κ3) is 4.68. The number of aromatic nitrogens is 2. The van der Waals surface area contributed by atoms with Crippen LogP contribution in [-0.2, 0) is 11.3 Å². The van der Waals surface area contributed by atoms with Gasteiger partial charge in [0.2, 0.25) is 0 Å². The monoisotopic (exact) mass is 513 g/mol. The predicted molar refractivity (Wildman–Crippen MR) is 123 cm³/mol. The zero-order valence-corrected chi connectivity index (χ0v) is 20.4. The lowest BCUT2D eigenvalue weighted by Gasteiger charge is -2.26. The van der Waals surface area contributed by atoms with Gasteiger partial charge < -0.3 is 9.47 Å². The minimum Gasteiger partial charge on any atom is -0.485 e. The second kappa shape index (κ2) is 8.65. The molecule has 0 bridgehead atoms. The number of carbonyl (C=O) groups excluding carboxylic acids is 1. The van der Waals surface area contributed by atoms with Crippen molar-refractivity contribution in [3.8, 4) is 5.75 Å². The summed E-state index contributed by atoms with van der Waals surface area (Å²) >= 11 is 16.5. The van der Waals surface area contributed by atoms with Gasteiger partial charge in [-0.25, -0.2) is 9.78 Å². The number of amides is 1. The Morgan fingerprint density at radius 2 is 1.97 bits per heavy atom. The summed E-state index contributed by atoms with van der Waals surface area (Å²) in [7, 11) is 1.60. The van der Waals surface area contributed by atoms with Gasteiger partial charge in [-0.05, 0) is 67.9 Å². The predicted octanol–water partition coefficient (Wildman–Crippen LogP) is 6.66. The second-order valence-electron chi connectivity index (χ2n) is 7.74. The van der Waals surface area contributed by atoms with Crippen molar-refractivity contribution >= 4 is 56.6 Å². The van der Waals surface area contributed by atoms with Crippen LogP contribution in [0.3, 0.4) is 0 Å². The number of carbonyl (C=O) groups is 1. The largest absolute Gasteiger partial charge is 0.485 e. The van der Waals surface area contributed by atoms with Gasteiger partial charge in [-0.3, -0.25) is 9.30 Å². The Morgan fingerprint density at radius 1 is 1.27 bits per heavy atom. The lowest BCUT2D eigenvalue weighted by atomic mass is 10.2. The van der Waals surface area contributed by atoms with Crippen LogP contribution in [-0.4, -0.2) is 28.1 Å². The van der Waals surface area contributed by atoms with Gasteiger partial charge in [-0.15, -0.1) is 0 Å². The average Bonchev–Trinajstić information content (AvgIpc) is 2.95. The van der Waals surface area contributed by atoms with E-state index in [9.17, 15) is 4.79 Å². The minimum atomic E-state index is -0.620. The van der Waals surface area contributed by atoms with Crippen molar-refractivity contribution in [1.29, 1.82) is 0 Å². The van der Waals surface area contributed by atoms with Crippen molar-refractivity contribution in [1.82, 2.24) is 9.38 Å². The first-order chi connectivity index (χ1) is 14.0. The summed E-state index contributed by atoms with van der Waals surface area (Å²) in [6.45, 7) is 7.43. The van der Waals surface area contributed by atoms with Crippen LogP contribution in [0.2, 0.25) is 10.0 Å². The summed E-state index contributed by atoms with van der Waals surface area (Å²) in [5, 5.41) is 0.762. The van der Waals surface area contributed by atoms with Crippen molar-refractivity contribution in [3.63, 3.8) is 0 Å². The van der Waals surface area contributed by atoms with Gasteiger partial charge in [0.15, 0.2) is 11.4 Å². The molecule has 0 atom stereocenters. The molecule has 3 aromatic rings. The number of halogens is 3. The summed E-state index contributed by atoms with van der Waals surface area (Å²) in [6.07, 6.45) is 1.38. The molecule has 0 unspecified atom stereocenters. The van der Waals surface area contributed by atoms with Crippen LogP contribution < -0.4 is 9.64 Å². The first-order valence-corrected chi connectivity index (χ1v) is 10.7. The number of ether oxygens (including phenoxy) is 2. The Hall–Kier alpha value is -1.96. The molecule has 0 aliphatic carbocycles. The number of nitrogens with zero attached hydrogens (tertiary/aromatic N) is 3. The highest BCUT2D eigenvalue weighted by molar-refractivity contribution is 9.10. The van der Waals surface area contributed by atoms with Crippen LogP contribution in [0.25, 0.3) is 5.65 Å². The number of benzene rings is 1. The molecule has 0 N–H and O–H groups in total. The second-order valence-corrected chi connectivity index (χ2v) is 9.28. The van der Waals surface area contributed by atoms with Crippen LogP contribution in [0.5, 0.6) is 5.75 Å². The van der Waals surface area contributed by atoms with Crippen molar-refractivity contribution in [2.24, 2.45) is 0 Å². The lowest BCUT2D eigenvalue weighted by molar-refractivity contribution is 0.0589. The van der Waals surface area contributed by atoms with E-state index in [0.29, 0.717) is 32.7 Å². The lowest BCUT2D eigenvalue weighted by Crippen LogP contribution is -2.34. The molecule has 0 saturated carbocycles. The molecule has 1 amide bonds. The van der Waals surface area contributed by atoms with Gasteiger partial charge in [0, 0.05) is 23.8 Å². The zero-order chi connectivity index (χ0) is 22.2. The molecule has 0 aliphatic heterocycles. The van der Waals surface area contributed by atoms with Crippen molar-refractivity contribution < 1.29 is 14.3 Å². The average molecular weight is 515 g/mol. The fourth-order valence-corrected chi connectivity index (χ4v) is 3.78. The standard InChI is InChI=1S/C21H22BrCl2N3O3/c1-12-18(22)27-10-6-7-16(19(27)25-12)29-11-13-14(23)8-9-15(17(13)24)26(5)20(28)30-21(2,3)4/h6-10H,11H2,1-5H3. The van der Waals surface area contributed by atoms with E-state index in [4.69, 9.17) is 32.7 Å². The van der Waals surface area contributed by atoms with E-state index < -0.39 is 11.7 Å². The van der Waals surface area contributed by atoms with E-state index in [1.807, 2.05) is 29.7 Å². The molecule has 1 aromatic carbocycles. The van der Waals surface area contributed by atoms with E-state index in [1.165, 1.54) is 4.90 Å². The van der Waals surface area contributed by atoms with Crippen LogP contribution in [0.15, 0.2) is 35.1 Å². The molecule has 3 rings (SSSR count). The van der Waals surface area contributed by atoms with Crippen molar-refractivity contribution in [2.75, 3.05) is 11.9 Å². The van der Waals surface area contributed by atoms with Gasteiger partial charge in [0.25, 0.3) is 0 Å². The van der Waals surface area contributed by atoms with Gasteiger partial charge >= 0.3 is 6.09 Å². The Balaban J connectivity index is 1.88. The first-order valence-electron chi connectivity index (χ1n) is 9.19. The molecule has 2 aromatic heterocycles. The summed E-state index contributed by atoms with van der Waals surface area (Å²) < 4.78 is 14.2. The number of anilines is 1. The molecule has 0 spiro atoms. The smallest absolute Gasteiger partial charge is 0.414 e. The highest BCUT2D eigenvalue weighted by atomic mass is 79.9. The van der Waals surface area contributed by atoms with Gasteiger partial charge in [-0.2, -0.15) is 0 Å². The van der Waals surface area contributed by atoms with E-state index >= 15 is 0 Å². The number of pyridine rings is 1. The van der Waals surface area contributed by atoms with Crippen molar-refractivity contribution in [2.45, 2.75) is 39.9 Å². The molecular weight excluding hydrogens is 493 g/mol. The Bertz CT molecular complexity index is 1110. The number of imidazole rings is 1. The fourth-order valence-electron chi connectivity index (χ4n) is 2.79. The molecule has 0 radical (unpaired) electrons. The summed E-state index contributed by atoms with van der Waals surface area (Å²) in [5.41, 5.74) is 1.95. The molecule has 6 nitrogen and oxygen atoms in total. The summed E-state index contributed by atoms with van der Waals surface area (Å²) in [5.74, 6) is 0.587. The normalized spacial score (nSPS) is 11.6. The summed E-state index contributed by atoms with van der Waals surface area (Å²) in [6, 6.07) is 7.05. The number of hydrogen-bond acceptors (Lipinski definition) is 4. The third-order valence-corrected chi connectivity index (χ3v) is 6.01. The van der Waals surface area contributed by atoms with Gasteiger partial charge in [0.05, 0.1) is 16.4 Å². The topological polar surface area (TPSA) is 56.1 Å². The molecular formula is C21H22BrCl2N3O3. The van der Waals surface area contributed by atoms with Crippen LogP contribution >= 0.6 is 39.1 Å². The number of aryl methyl sites for hydroxylation is 1. The number of fused-ring (bicyclic) bond motifs is 1. The van der Waals surface area contributed by atoms with E-state index in [1.54, 1.807) is 40.0 Å². The van der Waals surface area contributed by atoms with Gasteiger partial charge in [-0.1, -0.05) is 23.2 Å². The van der Waals surface area contributed by atoms with E-state index in [-0.39, 0.29) is 6.61 Å². The van der Waals surface area contributed by atoms with E-state index in [0.717, 1.165) is 10.3 Å². The Morgan fingerprint density at radius 3 is 2.63 bits per heavy atom. The van der Waals surface area contributed by atoms with Crippen LogP contribution in [0.1, 0.15) is 32.0 Å². The molecule has 0 saturated heterocycles. The van der Waals surface area contributed by atoms with Crippen molar-refractivity contribution in [3.05, 3.63) is 56.4 Å². The van der Waals surface area contributed by atoms with Crippen LogP contribution in [0, 0.1) is 6.92 Å².